The molecule has 0 unspecified atom stereocenters. The van der Waals surface area contributed by atoms with Crippen molar-refractivity contribution in [3.63, 3.8) is 0 Å². The van der Waals surface area contributed by atoms with Gasteiger partial charge >= 0.3 is 0 Å². The Morgan fingerprint density at radius 1 is 1.03 bits per heavy atom. The van der Waals surface area contributed by atoms with Gasteiger partial charge in [0.05, 0.1) is 21.2 Å². The van der Waals surface area contributed by atoms with Gasteiger partial charge in [-0.3, -0.25) is 25.0 Å². The number of hydrogen-bond donors (Lipinski definition) is 1. The third kappa shape index (κ3) is 4.18. The zero-order chi connectivity index (χ0) is 24.6. The molecule has 2 aromatic carbocycles. The standard InChI is InChI=1S/C23H20N6O5/c1-13-5-4-6-16(9-13)18-7-8-24-23-22(18)15(3)26-27(23)12-21(30)25-17-10-19(28(31)32)14(2)20(11-17)29(33)34/h4-11H,12H2,1-3H3,(H,25,30). The summed E-state index contributed by atoms with van der Waals surface area (Å²) < 4.78 is 1.44. The summed E-state index contributed by atoms with van der Waals surface area (Å²) in [6.45, 7) is 4.88. The normalized spacial score (nSPS) is 10.9. The minimum Gasteiger partial charge on any atom is -0.324 e. The molecule has 11 nitrogen and oxygen atoms in total. The van der Waals surface area contributed by atoms with Crippen molar-refractivity contribution >= 4 is 34.0 Å². The molecule has 0 saturated carbocycles. The van der Waals surface area contributed by atoms with Crippen molar-refractivity contribution in [3.05, 3.63) is 85.7 Å². The van der Waals surface area contributed by atoms with Crippen molar-refractivity contribution in [3.8, 4) is 11.1 Å². The molecule has 2 heterocycles. The van der Waals surface area contributed by atoms with E-state index in [0.29, 0.717) is 11.3 Å². The molecule has 172 valence electrons. The van der Waals surface area contributed by atoms with E-state index in [1.165, 1.54) is 11.6 Å². The van der Waals surface area contributed by atoms with Crippen LogP contribution in [-0.4, -0.2) is 30.5 Å². The number of anilines is 1. The van der Waals surface area contributed by atoms with E-state index in [0.717, 1.165) is 34.2 Å². The lowest BCUT2D eigenvalue weighted by Gasteiger charge is -2.08. The van der Waals surface area contributed by atoms with Crippen LogP contribution in [0.1, 0.15) is 16.8 Å². The van der Waals surface area contributed by atoms with E-state index in [2.05, 4.69) is 21.5 Å². The predicted octanol–water partition coefficient (Wildman–Crippen LogP) is 4.48. The van der Waals surface area contributed by atoms with Crippen molar-refractivity contribution < 1.29 is 14.6 Å². The largest absolute Gasteiger partial charge is 0.324 e. The molecule has 4 aromatic rings. The highest BCUT2D eigenvalue weighted by Crippen LogP contribution is 2.32. The number of nitrogens with one attached hydrogen (secondary N) is 1. The van der Waals surface area contributed by atoms with Crippen LogP contribution in [0.4, 0.5) is 17.1 Å². The van der Waals surface area contributed by atoms with Crippen LogP contribution < -0.4 is 5.32 Å². The first-order chi connectivity index (χ1) is 16.2. The predicted molar refractivity (Wildman–Crippen MR) is 126 cm³/mol. The first-order valence-corrected chi connectivity index (χ1v) is 10.3. The molecule has 0 aliphatic rings. The van der Waals surface area contributed by atoms with Crippen molar-refractivity contribution in [1.29, 1.82) is 0 Å². The molecular weight excluding hydrogens is 440 g/mol. The van der Waals surface area contributed by atoms with Gasteiger partial charge in [-0.25, -0.2) is 9.67 Å². The highest BCUT2D eigenvalue weighted by Gasteiger charge is 2.24. The topological polar surface area (TPSA) is 146 Å². The summed E-state index contributed by atoms with van der Waals surface area (Å²) in [5.41, 5.74) is 3.20. The fourth-order valence-corrected chi connectivity index (χ4v) is 3.92. The van der Waals surface area contributed by atoms with Crippen LogP contribution in [0.5, 0.6) is 0 Å². The average molecular weight is 460 g/mol. The first kappa shape index (κ1) is 22.5. The Morgan fingerprint density at radius 3 is 2.32 bits per heavy atom. The molecule has 0 aliphatic carbocycles. The number of nitro groups is 2. The third-order valence-corrected chi connectivity index (χ3v) is 5.46. The van der Waals surface area contributed by atoms with Gasteiger partial charge in [0.15, 0.2) is 5.65 Å². The van der Waals surface area contributed by atoms with Gasteiger partial charge in [0.2, 0.25) is 5.91 Å². The number of carbonyl (C=O) groups is 1. The SMILES string of the molecule is Cc1cccc(-c2ccnc3c2c(C)nn3CC(=O)Nc2cc([N+](=O)[O-])c(C)c([N+](=O)[O-])c2)c1. The Labute approximate surface area is 193 Å². The second-order valence-corrected chi connectivity index (χ2v) is 7.87. The first-order valence-electron chi connectivity index (χ1n) is 10.3. The van der Waals surface area contributed by atoms with Crippen LogP contribution in [0.3, 0.4) is 0 Å². The maximum Gasteiger partial charge on any atom is 0.281 e. The van der Waals surface area contributed by atoms with Crippen molar-refractivity contribution in [2.45, 2.75) is 27.3 Å². The molecule has 0 fully saturated rings. The van der Waals surface area contributed by atoms with Gasteiger partial charge in [0.1, 0.15) is 12.1 Å². The lowest BCUT2D eigenvalue weighted by atomic mass is 10.0. The van der Waals surface area contributed by atoms with Crippen LogP contribution in [0.15, 0.2) is 48.7 Å². The zero-order valence-corrected chi connectivity index (χ0v) is 18.6. The third-order valence-electron chi connectivity index (χ3n) is 5.46. The Bertz CT molecular complexity index is 1440. The molecule has 0 radical (unpaired) electrons. The van der Waals surface area contributed by atoms with Gasteiger partial charge < -0.3 is 5.32 Å². The summed E-state index contributed by atoms with van der Waals surface area (Å²) in [6, 6.07) is 12.1. The Morgan fingerprint density at radius 2 is 1.71 bits per heavy atom. The van der Waals surface area contributed by atoms with E-state index >= 15 is 0 Å². The maximum absolute atomic E-state index is 12.7. The number of nitrogens with zero attached hydrogens (tertiary/aromatic N) is 5. The highest BCUT2D eigenvalue weighted by molar-refractivity contribution is 5.96. The highest BCUT2D eigenvalue weighted by atomic mass is 16.6. The molecule has 11 heteroatoms. The number of amides is 1. The Balaban J connectivity index is 1.67. The monoisotopic (exact) mass is 460 g/mol. The zero-order valence-electron chi connectivity index (χ0n) is 18.6. The van der Waals surface area contributed by atoms with E-state index < -0.39 is 27.1 Å². The van der Waals surface area contributed by atoms with Gasteiger partial charge in [-0.05, 0) is 38.0 Å². The van der Waals surface area contributed by atoms with E-state index in [4.69, 9.17) is 0 Å². The van der Waals surface area contributed by atoms with E-state index in [-0.39, 0.29) is 17.8 Å². The fourth-order valence-electron chi connectivity index (χ4n) is 3.92. The second-order valence-electron chi connectivity index (χ2n) is 7.87. The average Bonchev–Trinajstić information content (AvgIpc) is 3.09. The number of hydrogen-bond acceptors (Lipinski definition) is 7. The summed E-state index contributed by atoms with van der Waals surface area (Å²) in [4.78, 5) is 38.3. The molecule has 0 spiro atoms. The van der Waals surface area contributed by atoms with Crippen LogP contribution in [0, 0.1) is 41.0 Å². The molecule has 0 aliphatic heterocycles. The smallest absolute Gasteiger partial charge is 0.281 e. The minimum absolute atomic E-state index is 0.0457. The van der Waals surface area contributed by atoms with Gasteiger partial charge in [-0.1, -0.05) is 29.8 Å². The van der Waals surface area contributed by atoms with Crippen LogP contribution in [0.25, 0.3) is 22.2 Å². The number of pyridine rings is 1. The van der Waals surface area contributed by atoms with Gasteiger partial charge in [0.25, 0.3) is 11.4 Å². The molecule has 0 atom stereocenters. The summed E-state index contributed by atoms with van der Waals surface area (Å²) in [6.07, 6.45) is 1.64. The number of rotatable bonds is 6. The number of aromatic nitrogens is 3. The Kier molecular flexibility index (Phi) is 5.76. The van der Waals surface area contributed by atoms with E-state index in [1.54, 1.807) is 6.20 Å². The number of nitro benzene ring substituents is 2. The van der Waals surface area contributed by atoms with Crippen molar-refractivity contribution in [2.24, 2.45) is 0 Å². The minimum atomic E-state index is -0.723. The quantitative estimate of drug-likeness (QED) is 0.330. The van der Waals surface area contributed by atoms with Gasteiger partial charge in [0, 0.05) is 23.7 Å². The lowest BCUT2D eigenvalue weighted by molar-refractivity contribution is -0.395. The van der Waals surface area contributed by atoms with Gasteiger partial charge in [-0.15, -0.1) is 0 Å². The van der Waals surface area contributed by atoms with Gasteiger partial charge in [-0.2, -0.15) is 5.10 Å². The summed E-state index contributed by atoms with van der Waals surface area (Å²) >= 11 is 0. The molecule has 0 saturated heterocycles. The second kappa shape index (κ2) is 8.70. The Hall–Kier alpha value is -4.67. The fraction of sp³-hybridized carbons (Fsp3) is 0.174. The van der Waals surface area contributed by atoms with E-state index in [1.807, 2.05) is 38.1 Å². The van der Waals surface area contributed by atoms with Crippen molar-refractivity contribution in [1.82, 2.24) is 14.8 Å². The molecular formula is C23H20N6O5. The molecule has 1 N–H and O–H groups in total. The molecule has 34 heavy (non-hydrogen) atoms. The molecule has 4 rings (SSSR count). The number of fused-ring (bicyclic) bond motifs is 1. The molecule has 2 aromatic heterocycles. The summed E-state index contributed by atoms with van der Waals surface area (Å²) in [7, 11) is 0. The number of benzene rings is 2. The molecule has 0 bridgehead atoms. The van der Waals surface area contributed by atoms with Crippen molar-refractivity contribution in [2.75, 3.05) is 5.32 Å². The van der Waals surface area contributed by atoms with Crippen LogP contribution >= 0.6 is 0 Å². The summed E-state index contributed by atoms with van der Waals surface area (Å²) in [5, 5.41) is 30.4. The van der Waals surface area contributed by atoms with Crippen LogP contribution in [0.2, 0.25) is 0 Å². The van der Waals surface area contributed by atoms with Crippen LogP contribution in [-0.2, 0) is 11.3 Å². The number of carbonyl (C=O) groups excluding carboxylic acids is 1. The maximum atomic E-state index is 12.7. The number of aryl methyl sites for hydroxylation is 2. The summed E-state index contributed by atoms with van der Waals surface area (Å²) in [5.74, 6) is -0.556. The van der Waals surface area contributed by atoms with E-state index in [9.17, 15) is 25.0 Å². The lowest BCUT2D eigenvalue weighted by Crippen LogP contribution is -2.20. The molecule has 1 amide bonds.